The Morgan fingerprint density at radius 3 is 2.50 bits per heavy atom. The fourth-order valence-electron chi connectivity index (χ4n) is 1.68. The lowest BCUT2D eigenvalue weighted by Gasteiger charge is -2.35. The van der Waals surface area contributed by atoms with E-state index in [4.69, 9.17) is 0 Å². The first-order valence-electron chi connectivity index (χ1n) is 4.42. The van der Waals surface area contributed by atoms with Crippen molar-refractivity contribution in [3.05, 3.63) is 0 Å². The van der Waals surface area contributed by atoms with Gasteiger partial charge in [-0.25, -0.2) is 0 Å². The van der Waals surface area contributed by atoms with Gasteiger partial charge in [-0.15, -0.1) is 0 Å². The molecule has 0 heterocycles. The standard InChI is InChI=1S/C8H17NO3/c1-2-9-6-3-5(10)4-7(11)8(6)12/h5-12H,2-4H2,1H3. The third kappa shape index (κ3) is 2.17. The summed E-state index contributed by atoms with van der Waals surface area (Å²) in [5.74, 6) is 0. The lowest BCUT2D eigenvalue weighted by molar-refractivity contribution is -0.0679. The van der Waals surface area contributed by atoms with E-state index in [0.29, 0.717) is 6.42 Å². The van der Waals surface area contributed by atoms with Crippen LogP contribution in [0, 0.1) is 0 Å². The summed E-state index contributed by atoms with van der Waals surface area (Å²) < 4.78 is 0. The fourth-order valence-corrected chi connectivity index (χ4v) is 1.68. The van der Waals surface area contributed by atoms with Gasteiger partial charge in [0.15, 0.2) is 0 Å². The van der Waals surface area contributed by atoms with Gasteiger partial charge < -0.3 is 20.6 Å². The van der Waals surface area contributed by atoms with E-state index in [-0.39, 0.29) is 12.5 Å². The molecule has 0 saturated heterocycles. The van der Waals surface area contributed by atoms with Gasteiger partial charge >= 0.3 is 0 Å². The summed E-state index contributed by atoms with van der Waals surface area (Å²) in [5.41, 5.74) is 0. The molecule has 1 aliphatic carbocycles. The number of likely N-dealkylation sites (N-methyl/N-ethyl adjacent to an activating group) is 1. The molecule has 4 N–H and O–H groups in total. The highest BCUT2D eigenvalue weighted by molar-refractivity contribution is 4.89. The minimum atomic E-state index is -0.794. The van der Waals surface area contributed by atoms with Crippen molar-refractivity contribution >= 4 is 0 Å². The zero-order valence-electron chi connectivity index (χ0n) is 7.27. The molecule has 1 saturated carbocycles. The molecule has 72 valence electrons. The van der Waals surface area contributed by atoms with Crippen LogP contribution in [0.2, 0.25) is 0 Å². The molecule has 4 atom stereocenters. The molecule has 1 rings (SSSR count). The molecule has 1 aliphatic rings. The maximum Gasteiger partial charge on any atom is 0.0953 e. The Morgan fingerprint density at radius 2 is 1.92 bits per heavy atom. The quantitative estimate of drug-likeness (QED) is 0.427. The topological polar surface area (TPSA) is 72.7 Å². The largest absolute Gasteiger partial charge is 0.393 e. The van der Waals surface area contributed by atoms with Gasteiger partial charge in [0, 0.05) is 12.5 Å². The lowest BCUT2D eigenvalue weighted by Crippen LogP contribution is -2.52. The lowest BCUT2D eigenvalue weighted by atomic mass is 9.88. The second-order valence-corrected chi connectivity index (χ2v) is 3.35. The van der Waals surface area contributed by atoms with Crippen LogP contribution in [0.4, 0.5) is 0 Å². The molecule has 0 amide bonds. The van der Waals surface area contributed by atoms with Gasteiger partial charge in [0.1, 0.15) is 0 Å². The van der Waals surface area contributed by atoms with E-state index in [2.05, 4.69) is 5.32 Å². The van der Waals surface area contributed by atoms with Crippen LogP contribution in [0.3, 0.4) is 0 Å². The first kappa shape index (κ1) is 9.92. The Morgan fingerprint density at radius 1 is 1.25 bits per heavy atom. The molecule has 0 bridgehead atoms. The molecule has 4 nitrogen and oxygen atoms in total. The van der Waals surface area contributed by atoms with Gasteiger partial charge in [-0.1, -0.05) is 6.92 Å². The number of aliphatic hydroxyl groups is 3. The Labute approximate surface area is 72.2 Å². The smallest absolute Gasteiger partial charge is 0.0953 e. The minimum absolute atomic E-state index is 0.172. The first-order chi connectivity index (χ1) is 5.65. The molecule has 4 unspecified atom stereocenters. The van der Waals surface area contributed by atoms with Crippen LogP contribution in [-0.4, -0.2) is 46.2 Å². The van der Waals surface area contributed by atoms with Crippen molar-refractivity contribution in [1.82, 2.24) is 5.32 Å². The second kappa shape index (κ2) is 4.18. The summed E-state index contributed by atoms with van der Waals surface area (Å²) in [6.45, 7) is 2.67. The fraction of sp³-hybridized carbons (Fsp3) is 1.00. The highest BCUT2D eigenvalue weighted by Gasteiger charge is 2.34. The average molecular weight is 175 g/mol. The zero-order chi connectivity index (χ0) is 9.14. The van der Waals surface area contributed by atoms with Crippen LogP contribution in [-0.2, 0) is 0 Å². The van der Waals surface area contributed by atoms with Crippen LogP contribution in [0.5, 0.6) is 0 Å². The SMILES string of the molecule is CCNC1CC(O)CC(O)C1O. The van der Waals surface area contributed by atoms with E-state index in [1.807, 2.05) is 6.92 Å². The zero-order valence-corrected chi connectivity index (χ0v) is 7.27. The van der Waals surface area contributed by atoms with Crippen molar-refractivity contribution < 1.29 is 15.3 Å². The normalized spacial score (nSPS) is 43.0. The third-order valence-corrected chi connectivity index (χ3v) is 2.31. The predicted octanol–water partition coefficient (Wildman–Crippen LogP) is -1.16. The maximum atomic E-state index is 9.46. The van der Waals surface area contributed by atoms with Gasteiger partial charge in [-0.05, 0) is 13.0 Å². The molecule has 0 aromatic carbocycles. The van der Waals surface area contributed by atoms with Crippen molar-refractivity contribution in [2.75, 3.05) is 6.54 Å². The van der Waals surface area contributed by atoms with E-state index < -0.39 is 18.3 Å². The first-order valence-corrected chi connectivity index (χ1v) is 4.42. The predicted molar refractivity (Wildman–Crippen MR) is 44.7 cm³/mol. The van der Waals surface area contributed by atoms with Gasteiger partial charge in [-0.2, -0.15) is 0 Å². The van der Waals surface area contributed by atoms with Gasteiger partial charge in [0.05, 0.1) is 18.3 Å². The van der Waals surface area contributed by atoms with Crippen molar-refractivity contribution in [2.24, 2.45) is 0 Å². The summed E-state index contributed by atoms with van der Waals surface area (Å²) in [6.07, 6.45) is -1.23. The summed E-state index contributed by atoms with van der Waals surface area (Å²) in [5, 5.41) is 31.1. The molecule has 0 radical (unpaired) electrons. The van der Waals surface area contributed by atoms with Crippen LogP contribution >= 0.6 is 0 Å². The molecule has 0 aromatic heterocycles. The Bertz CT molecular complexity index is 142. The summed E-state index contributed by atoms with van der Waals surface area (Å²) in [6, 6.07) is -0.172. The van der Waals surface area contributed by atoms with Gasteiger partial charge in [-0.3, -0.25) is 0 Å². The molecule has 0 aromatic rings. The Hall–Kier alpha value is -0.160. The van der Waals surface area contributed by atoms with Crippen molar-refractivity contribution in [3.63, 3.8) is 0 Å². The van der Waals surface area contributed by atoms with Crippen LogP contribution in [0.1, 0.15) is 19.8 Å². The second-order valence-electron chi connectivity index (χ2n) is 3.35. The van der Waals surface area contributed by atoms with Crippen molar-refractivity contribution in [3.8, 4) is 0 Å². The number of nitrogens with one attached hydrogen (secondary N) is 1. The van der Waals surface area contributed by atoms with E-state index in [1.165, 1.54) is 0 Å². The van der Waals surface area contributed by atoms with Gasteiger partial charge in [0.25, 0.3) is 0 Å². The van der Waals surface area contributed by atoms with Gasteiger partial charge in [0.2, 0.25) is 0 Å². The summed E-state index contributed by atoms with van der Waals surface area (Å²) >= 11 is 0. The monoisotopic (exact) mass is 175 g/mol. The van der Waals surface area contributed by atoms with E-state index in [1.54, 1.807) is 0 Å². The highest BCUT2D eigenvalue weighted by Crippen LogP contribution is 2.19. The minimum Gasteiger partial charge on any atom is -0.393 e. The summed E-state index contributed by atoms with van der Waals surface area (Å²) in [4.78, 5) is 0. The van der Waals surface area contributed by atoms with Crippen LogP contribution < -0.4 is 5.32 Å². The molecule has 4 heteroatoms. The Balaban J connectivity index is 2.47. The van der Waals surface area contributed by atoms with Crippen LogP contribution in [0.15, 0.2) is 0 Å². The molecular formula is C8H17NO3. The maximum absolute atomic E-state index is 9.46. The van der Waals surface area contributed by atoms with Crippen molar-refractivity contribution in [1.29, 1.82) is 0 Å². The highest BCUT2D eigenvalue weighted by atomic mass is 16.3. The van der Waals surface area contributed by atoms with Crippen molar-refractivity contribution in [2.45, 2.75) is 44.1 Å². The summed E-state index contributed by atoms with van der Waals surface area (Å²) in [7, 11) is 0. The molecule has 12 heavy (non-hydrogen) atoms. The van der Waals surface area contributed by atoms with E-state index >= 15 is 0 Å². The van der Waals surface area contributed by atoms with E-state index in [0.717, 1.165) is 6.54 Å². The average Bonchev–Trinajstić information content (AvgIpc) is 2.00. The molecular weight excluding hydrogens is 158 g/mol. The molecule has 1 fully saturated rings. The molecule has 0 spiro atoms. The number of hydrogen-bond acceptors (Lipinski definition) is 4. The van der Waals surface area contributed by atoms with Crippen LogP contribution in [0.25, 0.3) is 0 Å². The number of rotatable bonds is 2. The Kier molecular flexibility index (Phi) is 3.46. The number of hydrogen-bond donors (Lipinski definition) is 4. The number of aliphatic hydroxyl groups excluding tert-OH is 3. The third-order valence-electron chi connectivity index (χ3n) is 2.31. The molecule has 0 aliphatic heterocycles. The van der Waals surface area contributed by atoms with E-state index in [9.17, 15) is 15.3 Å².